The first-order valence-corrected chi connectivity index (χ1v) is 5.29. The summed E-state index contributed by atoms with van der Waals surface area (Å²) in [6, 6.07) is 1.93. The van der Waals surface area contributed by atoms with Gasteiger partial charge in [0.1, 0.15) is 0 Å². The Morgan fingerprint density at radius 2 is 2.57 bits per heavy atom. The highest BCUT2D eigenvalue weighted by Gasteiger charge is 1.97. The number of aliphatic hydroxyl groups excluding tert-OH is 1. The van der Waals surface area contributed by atoms with Crippen molar-refractivity contribution in [3.63, 3.8) is 0 Å². The molecule has 1 atom stereocenters. The number of carbonyl (C=O) groups is 1. The highest BCUT2D eigenvalue weighted by molar-refractivity contribution is 7.08. The summed E-state index contributed by atoms with van der Waals surface area (Å²) in [5.74, 6) is -0.183. The molecule has 0 aromatic carbocycles. The Hall–Kier alpha value is -1.13. The fourth-order valence-corrected chi connectivity index (χ4v) is 1.48. The summed E-state index contributed by atoms with van der Waals surface area (Å²) >= 11 is 1.59. The summed E-state index contributed by atoms with van der Waals surface area (Å²) in [7, 11) is 0. The van der Waals surface area contributed by atoms with Crippen LogP contribution in [0.5, 0.6) is 0 Å². The highest BCUT2D eigenvalue weighted by Crippen LogP contribution is 2.07. The Morgan fingerprint density at radius 3 is 3.14 bits per heavy atom. The van der Waals surface area contributed by atoms with Gasteiger partial charge in [0, 0.05) is 12.6 Å². The summed E-state index contributed by atoms with van der Waals surface area (Å²) in [5.41, 5.74) is 1.02. The normalized spacial score (nSPS) is 13.0. The molecule has 1 rings (SSSR count). The first-order valence-electron chi connectivity index (χ1n) is 4.34. The molecule has 0 aliphatic carbocycles. The van der Waals surface area contributed by atoms with E-state index in [0.29, 0.717) is 0 Å². The van der Waals surface area contributed by atoms with Gasteiger partial charge in [0.05, 0.1) is 6.10 Å². The van der Waals surface area contributed by atoms with Gasteiger partial charge in [-0.2, -0.15) is 11.3 Å². The largest absolute Gasteiger partial charge is 0.392 e. The molecule has 0 aliphatic rings. The molecule has 0 aliphatic heterocycles. The average Bonchev–Trinajstić information content (AvgIpc) is 2.63. The van der Waals surface area contributed by atoms with Crippen molar-refractivity contribution < 1.29 is 9.90 Å². The summed E-state index contributed by atoms with van der Waals surface area (Å²) in [6.07, 6.45) is 2.70. The molecule has 0 bridgehead atoms. The van der Waals surface area contributed by atoms with E-state index in [0.717, 1.165) is 5.56 Å². The summed E-state index contributed by atoms with van der Waals surface area (Å²) < 4.78 is 0. The van der Waals surface area contributed by atoms with Crippen molar-refractivity contribution in [2.24, 2.45) is 0 Å². The standard InChI is InChI=1S/C10H13NO2S/c1-8(12)6-11-10(13)3-2-9-4-5-14-7-9/h2-5,7-8,12H,6H2,1H3,(H,11,13)/b3-2+. The minimum absolute atomic E-state index is 0.183. The topological polar surface area (TPSA) is 49.3 Å². The molecule has 0 fully saturated rings. The van der Waals surface area contributed by atoms with E-state index in [2.05, 4.69) is 5.32 Å². The van der Waals surface area contributed by atoms with Gasteiger partial charge in [-0.1, -0.05) is 0 Å². The summed E-state index contributed by atoms with van der Waals surface area (Å²) in [5, 5.41) is 15.4. The van der Waals surface area contributed by atoms with Crippen LogP contribution in [-0.4, -0.2) is 23.7 Å². The minimum atomic E-state index is -0.506. The van der Waals surface area contributed by atoms with E-state index >= 15 is 0 Å². The second kappa shape index (κ2) is 5.57. The molecular formula is C10H13NO2S. The fourth-order valence-electron chi connectivity index (χ4n) is 0.849. The molecule has 4 heteroatoms. The van der Waals surface area contributed by atoms with Crippen LogP contribution in [-0.2, 0) is 4.79 Å². The van der Waals surface area contributed by atoms with Crippen molar-refractivity contribution in [3.8, 4) is 0 Å². The van der Waals surface area contributed by atoms with Crippen molar-refractivity contribution in [1.82, 2.24) is 5.32 Å². The van der Waals surface area contributed by atoms with E-state index in [4.69, 9.17) is 5.11 Å². The van der Waals surface area contributed by atoms with Crippen molar-refractivity contribution >= 4 is 23.3 Å². The van der Waals surface area contributed by atoms with Crippen LogP contribution in [0.15, 0.2) is 22.9 Å². The van der Waals surface area contributed by atoms with E-state index in [-0.39, 0.29) is 12.5 Å². The molecule has 0 saturated heterocycles. The van der Waals surface area contributed by atoms with Gasteiger partial charge in [-0.25, -0.2) is 0 Å². The zero-order chi connectivity index (χ0) is 10.4. The maximum atomic E-state index is 11.1. The minimum Gasteiger partial charge on any atom is -0.392 e. The van der Waals surface area contributed by atoms with Crippen LogP contribution in [0.2, 0.25) is 0 Å². The number of carbonyl (C=O) groups excluding carboxylic acids is 1. The lowest BCUT2D eigenvalue weighted by atomic mass is 10.3. The van der Waals surface area contributed by atoms with E-state index in [1.807, 2.05) is 16.8 Å². The molecular weight excluding hydrogens is 198 g/mol. The first kappa shape index (κ1) is 10.9. The number of aliphatic hydroxyl groups is 1. The van der Waals surface area contributed by atoms with Crippen molar-refractivity contribution in [2.75, 3.05) is 6.54 Å². The van der Waals surface area contributed by atoms with Gasteiger partial charge in [-0.15, -0.1) is 0 Å². The van der Waals surface area contributed by atoms with Crippen LogP contribution in [0.25, 0.3) is 6.08 Å². The molecule has 76 valence electrons. The predicted molar refractivity (Wildman–Crippen MR) is 58.0 cm³/mol. The number of amides is 1. The second-order valence-corrected chi connectivity index (χ2v) is 3.76. The van der Waals surface area contributed by atoms with Crippen LogP contribution in [0, 0.1) is 0 Å². The Balaban J connectivity index is 2.34. The fraction of sp³-hybridized carbons (Fsp3) is 0.300. The molecule has 1 aromatic heterocycles. The van der Waals surface area contributed by atoms with Crippen LogP contribution >= 0.6 is 11.3 Å². The van der Waals surface area contributed by atoms with Gasteiger partial charge >= 0.3 is 0 Å². The molecule has 2 N–H and O–H groups in total. The van der Waals surface area contributed by atoms with Crippen LogP contribution in [0.4, 0.5) is 0 Å². The SMILES string of the molecule is CC(O)CNC(=O)/C=C/c1ccsc1. The lowest BCUT2D eigenvalue weighted by Gasteiger charge is -2.03. The lowest BCUT2D eigenvalue weighted by molar-refractivity contribution is -0.116. The average molecular weight is 211 g/mol. The second-order valence-electron chi connectivity index (χ2n) is 2.98. The van der Waals surface area contributed by atoms with Crippen LogP contribution in [0.1, 0.15) is 12.5 Å². The number of rotatable bonds is 4. The molecule has 1 aromatic rings. The molecule has 1 unspecified atom stereocenters. The zero-order valence-electron chi connectivity index (χ0n) is 7.93. The smallest absolute Gasteiger partial charge is 0.244 e. The molecule has 0 radical (unpaired) electrons. The van der Waals surface area contributed by atoms with Gasteiger partial charge < -0.3 is 10.4 Å². The maximum Gasteiger partial charge on any atom is 0.244 e. The summed E-state index contributed by atoms with van der Waals surface area (Å²) in [6.45, 7) is 1.91. The van der Waals surface area contributed by atoms with Crippen LogP contribution < -0.4 is 5.32 Å². The molecule has 1 amide bonds. The van der Waals surface area contributed by atoms with E-state index in [1.165, 1.54) is 6.08 Å². The Kier molecular flexibility index (Phi) is 4.35. The maximum absolute atomic E-state index is 11.1. The number of hydrogen-bond acceptors (Lipinski definition) is 3. The third-order valence-corrected chi connectivity index (χ3v) is 2.24. The quantitative estimate of drug-likeness (QED) is 0.737. The van der Waals surface area contributed by atoms with Gasteiger partial charge in [0.15, 0.2) is 0 Å². The molecule has 0 saturated carbocycles. The summed E-state index contributed by atoms with van der Waals surface area (Å²) in [4.78, 5) is 11.1. The third kappa shape index (κ3) is 4.20. The van der Waals surface area contributed by atoms with E-state index < -0.39 is 6.10 Å². The van der Waals surface area contributed by atoms with Gasteiger partial charge in [0.25, 0.3) is 0 Å². The first-order chi connectivity index (χ1) is 6.68. The third-order valence-electron chi connectivity index (χ3n) is 1.54. The van der Waals surface area contributed by atoms with Crippen LogP contribution in [0.3, 0.4) is 0 Å². The van der Waals surface area contributed by atoms with E-state index in [9.17, 15) is 4.79 Å². The molecule has 1 heterocycles. The molecule has 14 heavy (non-hydrogen) atoms. The van der Waals surface area contributed by atoms with Crippen molar-refractivity contribution in [3.05, 3.63) is 28.5 Å². The lowest BCUT2D eigenvalue weighted by Crippen LogP contribution is -2.28. The number of thiophene rings is 1. The Bertz CT molecular complexity index is 304. The predicted octanol–water partition coefficient (Wildman–Crippen LogP) is 1.26. The van der Waals surface area contributed by atoms with Gasteiger partial charge in [0.2, 0.25) is 5.91 Å². The van der Waals surface area contributed by atoms with E-state index in [1.54, 1.807) is 24.3 Å². The Morgan fingerprint density at radius 1 is 1.79 bits per heavy atom. The van der Waals surface area contributed by atoms with Crippen molar-refractivity contribution in [2.45, 2.75) is 13.0 Å². The van der Waals surface area contributed by atoms with Gasteiger partial charge in [-0.3, -0.25) is 4.79 Å². The number of nitrogens with one attached hydrogen (secondary N) is 1. The van der Waals surface area contributed by atoms with Gasteiger partial charge in [-0.05, 0) is 35.4 Å². The zero-order valence-corrected chi connectivity index (χ0v) is 8.75. The highest BCUT2D eigenvalue weighted by atomic mass is 32.1. The van der Waals surface area contributed by atoms with Crippen molar-refractivity contribution in [1.29, 1.82) is 0 Å². The molecule has 0 spiro atoms. The number of hydrogen-bond donors (Lipinski definition) is 2. The molecule has 3 nitrogen and oxygen atoms in total. The monoisotopic (exact) mass is 211 g/mol. The Labute approximate surface area is 87.1 Å².